The maximum absolute atomic E-state index is 12.4. The van der Waals surface area contributed by atoms with Crippen molar-refractivity contribution in [2.75, 3.05) is 19.0 Å². The fraction of sp³-hybridized carbons (Fsp3) is 0.250. The second-order valence-corrected chi connectivity index (χ2v) is 6.13. The predicted molar refractivity (Wildman–Crippen MR) is 93.3 cm³/mol. The van der Waals surface area contributed by atoms with Crippen LogP contribution in [0.3, 0.4) is 0 Å². The summed E-state index contributed by atoms with van der Waals surface area (Å²) in [6, 6.07) is 5.07. The van der Waals surface area contributed by atoms with Gasteiger partial charge in [-0.3, -0.25) is 14.8 Å². The molecule has 0 unspecified atom stereocenters. The van der Waals surface area contributed by atoms with Gasteiger partial charge >= 0.3 is 5.97 Å². The number of carbonyl (C=O) groups excluding carboxylic acids is 2. The largest absolute Gasteiger partial charge is 0.479 e. The van der Waals surface area contributed by atoms with Crippen LogP contribution in [0.1, 0.15) is 27.6 Å². The Morgan fingerprint density at radius 3 is 2.88 bits per heavy atom. The molecule has 3 aromatic rings. The summed E-state index contributed by atoms with van der Waals surface area (Å²) in [6.45, 7) is 2.07. The summed E-state index contributed by atoms with van der Waals surface area (Å²) in [4.78, 5) is 28.5. The van der Waals surface area contributed by atoms with Crippen molar-refractivity contribution in [3.63, 3.8) is 0 Å². The number of esters is 1. The monoisotopic (exact) mass is 360 g/mol. The van der Waals surface area contributed by atoms with E-state index in [0.717, 1.165) is 4.70 Å². The Balaban J connectivity index is 1.84. The molecule has 0 saturated heterocycles. The third kappa shape index (κ3) is 3.45. The number of aromatic nitrogens is 3. The first-order valence-corrected chi connectivity index (χ1v) is 8.30. The van der Waals surface area contributed by atoms with Crippen LogP contribution in [0.25, 0.3) is 10.2 Å². The summed E-state index contributed by atoms with van der Waals surface area (Å²) in [6.07, 6.45) is 1.57. The first kappa shape index (κ1) is 16.9. The van der Waals surface area contributed by atoms with Gasteiger partial charge in [-0.05, 0) is 25.1 Å². The Morgan fingerprint density at radius 2 is 2.16 bits per heavy atom. The van der Waals surface area contributed by atoms with Gasteiger partial charge in [0.2, 0.25) is 5.88 Å². The molecule has 0 spiro atoms. The van der Waals surface area contributed by atoms with E-state index >= 15 is 0 Å². The van der Waals surface area contributed by atoms with Crippen LogP contribution >= 0.6 is 11.3 Å². The Morgan fingerprint density at radius 1 is 1.36 bits per heavy atom. The first-order valence-electron chi connectivity index (χ1n) is 7.48. The predicted octanol–water partition coefficient (Wildman–Crippen LogP) is 2.47. The number of hydrogen-bond acceptors (Lipinski definition) is 7. The Hall–Kier alpha value is -2.94. The van der Waals surface area contributed by atoms with Crippen LogP contribution < -0.4 is 10.1 Å². The van der Waals surface area contributed by atoms with Crippen LogP contribution in [-0.4, -0.2) is 40.4 Å². The molecule has 0 fully saturated rings. The Labute approximate surface area is 147 Å². The fourth-order valence-electron chi connectivity index (χ4n) is 2.26. The van der Waals surface area contributed by atoms with E-state index in [4.69, 9.17) is 9.47 Å². The summed E-state index contributed by atoms with van der Waals surface area (Å²) in [5, 5.41) is 7.20. The van der Waals surface area contributed by atoms with Crippen molar-refractivity contribution in [2.24, 2.45) is 7.05 Å². The number of nitrogens with one attached hydrogen (secondary N) is 1. The van der Waals surface area contributed by atoms with E-state index in [1.807, 2.05) is 0 Å². The molecule has 0 bridgehead atoms. The van der Waals surface area contributed by atoms with Gasteiger partial charge in [0.25, 0.3) is 5.91 Å². The SMILES string of the molecule is CCOC(=O)c1ccc2nc(NC(=O)c3cn(C)nc3OC)sc2c1. The van der Waals surface area contributed by atoms with Crippen LogP contribution in [0.2, 0.25) is 0 Å². The summed E-state index contributed by atoms with van der Waals surface area (Å²) >= 11 is 1.27. The number of ether oxygens (including phenoxy) is 2. The van der Waals surface area contributed by atoms with Gasteiger partial charge < -0.3 is 9.47 Å². The number of rotatable bonds is 5. The summed E-state index contributed by atoms with van der Waals surface area (Å²) in [5.74, 6) is -0.510. The van der Waals surface area contributed by atoms with Gasteiger partial charge in [-0.15, -0.1) is 5.10 Å². The number of nitrogens with zero attached hydrogens (tertiary/aromatic N) is 3. The highest BCUT2D eigenvalue weighted by atomic mass is 32.1. The molecule has 2 heterocycles. The molecule has 9 heteroatoms. The van der Waals surface area contributed by atoms with E-state index in [1.165, 1.54) is 23.1 Å². The minimum Gasteiger partial charge on any atom is -0.479 e. The highest BCUT2D eigenvalue weighted by Gasteiger charge is 2.18. The van der Waals surface area contributed by atoms with Gasteiger partial charge in [0.1, 0.15) is 5.56 Å². The zero-order chi connectivity index (χ0) is 18.0. The number of thiazole rings is 1. The Bertz CT molecular complexity index is 947. The molecule has 0 aliphatic rings. The fourth-order valence-corrected chi connectivity index (χ4v) is 3.16. The number of aryl methyl sites for hydroxylation is 1. The summed E-state index contributed by atoms with van der Waals surface area (Å²) < 4.78 is 12.3. The zero-order valence-corrected chi connectivity index (χ0v) is 14.7. The number of methoxy groups -OCH3 is 1. The van der Waals surface area contributed by atoms with Crippen LogP contribution in [0, 0.1) is 0 Å². The second-order valence-electron chi connectivity index (χ2n) is 5.10. The van der Waals surface area contributed by atoms with E-state index < -0.39 is 0 Å². The second kappa shape index (κ2) is 6.89. The molecular weight excluding hydrogens is 344 g/mol. The third-order valence-corrected chi connectivity index (χ3v) is 4.29. The molecular formula is C16H16N4O4S. The summed E-state index contributed by atoms with van der Waals surface area (Å²) in [7, 11) is 3.15. The third-order valence-electron chi connectivity index (χ3n) is 3.35. The van der Waals surface area contributed by atoms with E-state index in [1.54, 1.807) is 38.4 Å². The molecule has 0 saturated carbocycles. The molecule has 0 radical (unpaired) electrons. The standard InChI is InChI=1S/C16H16N4O4S/c1-4-24-15(22)9-5-6-11-12(7-9)25-16(17-11)18-13(21)10-8-20(2)19-14(10)23-3/h5-8H,4H2,1-3H3,(H,17,18,21). The lowest BCUT2D eigenvalue weighted by Gasteiger charge is -2.00. The Kier molecular flexibility index (Phi) is 4.66. The number of benzene rings is 1. The lowest BCUT2D eigenvalue weighted by Crippen LogP contribution is -2.12. The minimum absolute atomic E-state index is 0.241. The van der Waals surface area contributed by atoms with Gasteiger partial charge in [-0.25, -0.2) is 9.78 Å². The normalized spacial score (nSPS) is 10.7. The average Bonchev–Trinajstić information content (AvgIpc) is 3.16. The smallest absolute Gasteiger partial charge is 0.338 e. The molecule has 1 N–H and O–H groups in total. The van der Waals surface area contributed by atoms with Crippen molar-refractivity contribution in [3.05, 3.63) is 35.5 Å². The quantitative estimate of drug-likeness (QED) is 0.702. The van der Waals surface area contributed by atoms with E-state index in [2.05, 4.69) is 15.4 Å². The maximum Gasteiger partial charge on any atom is 0.338 e. The number of hydrogen-bond donors (Lipinski definition) is 1. The van der Waals surface area contributed by atoms with Crippen molar-refractivity contribution in [1.29, 1.82) is 0 Å². The summed E-state index contributed by atoms with van der Waals surface area (Å²) in [5.41, 5.74) is 1.45. The van der Waals surface area contributed by atoms with Crippen molar-refractivity contribution in [3.8, 4) is 5.88 Å². The molecule has 0 aliphatic carbocycles. The molecule has 130 valence electrons. The lowest BCUT2D eigenvalue weighted by molar-refractivity contribution is 0.0526. The lowest BCUT2D eigenvalue weighted by atomic mass is 10.2. The van der Waals surface area contributed by atoms with Crippen molar-refractivity contribution >= 4 is 38.6 Å². The highest BCUT2D eigenvalue weighted by molar-refractivity contribution is 7.22. The van der Waals surface area contributed by atoms with E-state index in [9.17, 15) is 9.59 Å². The molecule has 25 heavy (non-hydrogen) atoms. The van der Waals surface area contributed by atoms with Crippen molar-refractivity contribution in [1.82, 2.24) is 14.8 Å². The van der Waals surface area contributed by atoms with Crippen LogP contribution in [0.4, 0.5) is 5.13 Å². The topological polar surface area (TPSA) is 95.3 Å². The zero-order valence-electron chi connectivity index (χ0n) is 13.9. The van der Waals surface area contributed by atoms with Gasteiger partial charge in [0.15, 0.2) is 5.13 Å². The molecule has 1 aromatic carbocycles. The highest BCUT2D eigenvalue weighted by Crippen LogP contribution is 2.28. The first-order chi connectivity index (χ1) is 12.0. The molecule has 0 atom stereocenters. The number of carbonyl (C=O) groups is 2. The molecule has 3 rings (SSSR count). The van der Waals surface area contributed by atoms with Crippen molar-refractivity contribution < 1.29 is 19.1 Å². The van der Waals surface area contributed by atoms with Crippen molar-refractivity contribution in [2.45, 2.75) is 6.92 Å². The number of fused-ring (bicyclic) bond motifs is 1. The average molecular weight is 360 g/mol. The minimum atomic E-state index is -0.386. The van der Waals surface area contributed by atoms with Crippen LogP contribution in [0.15, 0.2) is 24.4 Å². The molecule has 8 nitrogen and oxygen atoms in total. The molecule has 0 aliphatic heterocycles. The maximum atomic E-state index is 12.4. The van der Waals surface area contributed by atoms with E-state index in [-0.39, 0.29) is 17.8 Å². The van der Waals surface area contributed by atoms with Crippen LogP contribution in [0.5, 0.6) is 5.88 Å². The molecule has 1 amide bonds. The van der Waals surface area contributed by atoms with Gasteiger partial charge in [-0.1, -0.05) is 11.3 Å². The van der Waals surface area contributed by atoms with Gasteiger partial charge in [0.05, 0.1) is 29.5 Å². The van der Waals surface area contributed by atoms with E-state index in [0.29, 0.717) is 28.4 Å². The van der Waals surface area contributed by atoms with Gasteiger partial charge in [-0.2, -0.15) is 0 Å². The number of anilines is 1. The molecule has 2 aromatic heterocycles. The van der Waals surface area contributed by atoms with Gasteiger partial charge in [0, 0.05) is 13.2 Å². The number of amides is 1. The van der Waals surface area contributed by atoms with Crippen LogP contribution in [-0.2, 0) is 11.8 Å².